The summed E-state index contributed by atoms with van der Waals surface area (Å²) in [5.41, 5.74) is 0. The Hall–Kier alpha value is -0.560. The lowest BCUT2D eigenvalue weighted by molar-refractivity contribution is -0.154. The molecule has 0 aromatic rings. The molecule has 0 aliphatic heterocycles. The molecule has 1 unspecified atom stereocenters. The summed E-state index contributed by atoms with van der Waals surface area (Å²) >= 11 is 0. The molecule has 0 bridgehead atoms. The van der Waals surface area contributed by atoms with Gasteiger partial charge >= 0.3 is 0 Å². The van der Waals surface area contributed by atoms with Crippen LogP contribution in [0.15, 0.2) is 0 Å². The van der Waals surface area contributed by atoms with Crippen LogP contribution < -0.4 is 5.32 Å². The third-order valence-electron chi connectivity index (χ3n) is 2.06. The van der Waals surface area contributed by atoms with E-state index < -0.39 is 0 Å². The fraction of sp³-hybridized carbons (Fsp3) is 0.833. The van der Waals surface area contributed by atoms with Crippen LogP contribution in [0.3, 0.4) is 0 Å². The summed E-state index contributed by atoms with van der Waals surface area (Å²) in [7, 11) is 0. The molecule has 0 radical (unpaired) electrons. The zero-order chi connectivity index (χ0) is 11.5. The van der Waals surface area contributed by atoms with Crippen molar-refractivity contribution in [2.45, 2.75) is 45.9 Å². The Morgan fingerprint density at radius 2 is 1.80 bits per heavy atom. The first kappa shape index (κ1) is 14.4. The molecule has 88 valence electrons. The van der Waals surface area contributed by atoms with E-state index in [0.29, 0.717) is 13.2 Å². The first-order chi connectivity index (χ1) is 7.29. The molecule has 0 aliphatic rings. The molecule has 0 heterocycles. The number of hydrogen-bond donors (Lipinski definition) is 1. The van der Waals surface area contributed by atoms with Gasteiger partial charge in [-0.2, -0.15) is 0 Å². The smallest absolute Gasteiger partial charge is 0.172 e. The van der Waals surface area contributed by atoms with E-state index >= 15 is 0 Å². The van der Waals surface area contributed by atoms with Crippen molar-refractivity contribution in [3.63, 3.8) is 0 Å². The average Bonchev–Trinajstić information content (AvgIpc) is 2.24. The topological polar surface area (TPSA) is 30.5 Å². The maximum atomic E-state index is 5.54. The molecular formula is C12H23NO2. The van der Waals surface area contributed by atoms with Crippen LogP contribution in [-0.4, -0.2) is 32.1 Å². The van der Waals surface area contributed by atoms with Crippen molar-refractivity contribution < 1.29 is 9.47 Å². The lowest BCUT2D eigenvalue weighted by atomic mass is 10.1. The molecule has 0 spiro atoms. The standard InChI is InChI=1S/C12H23NO2/c1-5-9-10-11(13-6-2)12(14-7-3)15-8-4/h1,11-13H,6-10H2,2-4H3. The van der Waals surface area contributed by atoms with Gasteiger partial charge in [0.25, 0.3) is 0 Å². The molecule has 0 aromatic carbocycles. The van der Waals surface area contributed by atoms with Gasteiger partial charge in [-0.15, -0.1) is 12.3 Å². The predicted octanol–water partition coefficient (Wildman–Crippen LogP) is 1.78. The number of nitrogens with one attached hydrogen (secondary N) is 1. The molecule has 3 heteroatoms. The zero-order valence-electron chi connectivity index (χ0n) is 10.1. The van der Waals surface area contributed by atoms with Crippen LogP contribution in [0.4, 0.5) is 0 Å². The molecule has 0 saturated carbocycles. The van der Waals surface area contributed by atoms with E-state index in [4.69, 9.17) is 15.9 Å². The highest BCUT2D eigenvalue weighted by atomic mass is 16.7. The Balaban J connectivity index is 4.16. The minimum Gasteiger partial charge on any atom is -0.351 e. The highest BCUT2D eigenvalue weighted by Crippen LogP contribution is 2.08. The van der Waals surface area contributed by atoms with Crippen molar-refractivity contribution in [1.29, 1.82) is 0 Å². The fourth-order valence-electron chi connectivity index (χ4n) is 1.44. The van der Waals surface area contributed by atoms with Crippen LogP contribution in [0.1, 0.15) is 33.6 Å². The SMILES string of the molecule is C#CCCC(NCC)C(OCC)OCC. The van der Waals surface area contributed by atoms with Gasteiger partial charge < -0.3 is 14.8 Å². The highest BCUT2D eigenvalue weighted by Gasteiger charge is 2.20. The van der Waals surface area contributed by atoms with Crippen LogP contribution in [0.2, 0.25) is 0 Å². The van der Waals surface area contributed by atoms with Gasteiger partial charge in [0.2, 0.25) is 0 Å². The summed E-state index contributed by atoms with van der Waals surface area (Å²) < 4.78 is 11.1. The largest absolute Gasteiger partial charge is 0.351 e. The predicted molar refractivity (Wildman–Crippen MR) is 62.6 cm³/mol. The van der Waals surface area contributed by atoms with Crippen LogP contribution in [0.25, 0.3) is 0 Å². The molecular weight excluding hydrogens is 190 g/mol. The summed E-state index contributed by atoms with van der Waals surface area (Å²) in [5, 5.41) is 3.34. The Morgan fingerprint density at radius 3 is 2.20 bits per heavy atom. The van der Waals surface area contributed by atoms with Gasteiger partial charge in [-0.05, 0) is 26.8 Å². The van der Waals surface area contributed by atoms with Crippen molar-refractivity contribution in [3.05, 3.63) is 0 Å². The third kappa shape index (κ3) is 6.51. The van der Waals surface area contributed by atoms with Crippen molar-refractivity contribution >= 4 is 0 Å². The maximum Gasteiger partial charge on any atom is 0.172 e. The van der Waals surface area contributed by atoms with E-state index in [1.165, 1.54) is 0 Å². The summed E-state index contributed by atoms with van der Waals surface area (Å²) in [6.07, 6.45) is 6.70. The number of likely N-dealkylation sites (N-methyl/N-ethyl adjacent to an activating group) is 1. The van der Waals surface area contributed by atoms with E-state index in [1.807, 2.05) is 13.8 Å². The number of ether oxygens (including phenoxy) is 2. The van der Waals surface area contributed by atoms with E-state index in [1.54, 1.807) is 0 Å². The van der Waals surface area contributed by atoms with Crippen molar-refractivity contribution in [1.82, 2.24) is 5.32 Å². The Kier molecular flexibility index (Phi) is 9.60. The molecule has 1 N–H and O–H groups in total. The maximum absolute atomic E-state index is 5.54. The second-order valence-electron chi connectivity index (χ2n) is 3.19. The minimum atomic E-state index is -0.187. The van der Waals surface area contributed by atoms with Crippen LogP contribution in [-0.2, 0) is 9.47 Å². The second-order valence-corrected chi connectivity index (χ2v) is 3.19. The highest BCUT2D eigenvalue weighted by molar-refractivity contribution is 4.86. The molecule has 1 atom stereocenters. The van der Waals surface area contributed by atoms with E-state index in [2.05, 4.69) is 18.2 Å². The van der Waals surface area contributed by atoms with Gasteiger partial charge in [-0.3, -0.25) is 0 Å². The van der Waals surface area contributed by atoms with E-state index in [-0.39, 0.29) is 12.3 Å². The number of terminal acetylenes is 1. The summed E-state index contributed by atoms with van der Waals surface area (Å²) in [5.74, 6) is 2.64. The molecule has 15 heavy (non-hydrogen) atoms. The molecule has 0 aromatic heterocycles. The molecule has 0 rings (SSSR count). The molecule has 0 saturated heterocycles. The van der Waals surface area contributed by atoms with E-state index in [0.717, 1.165) is 19.4 Å². The lowest BCUT2D eigenvalue weighted by Gasteiger charge is -2.26. The summed E-state index contributed by atoms with van der Waals surface area (Å²) in [6.45, 7) is 8.21. The summed E-state index contributed by atoms with van der Waals surface area (Å²) in [6, 6.07) is 0.186. The second kappa shape index (κ2) is 9.97. The van der Waals surface area contributed by atoms with Crippen LogP contribution in [0, 0.1) is 12.3 Å². The van der Waals surface area contributed by atoms with E-state index in [9.17, 15) is 0 Å². The van der Waals surface area contributed by atoms with Crippen molar-refractivity contribution in [2.24, 2.45) is 0 Å². The minimum absolute atomic E-state index is 0.186. The normalized spacial score (nSPS) is 12.7. The Labute approximate surface area is 93.5 Å². The molecule has 3 nitrogen and oxygen atoms in total. The molecule has 0 amide bonds. The number of rotatable bonds is 9. The monoisotopic (exact) mass is 213 g/mol. The first-order valence-corrected chi connectivity index (χ1v) is 5.70. The van der Waals surface area contributed by atoms with Gasteiger partial charge in [0.15, 0.2) is 6.29 Å². The molecule has 0 fully saturated rings. The van der Waals surface area contributed by atoms with Gasteiger partial charge in [0.05, 0.1) is 6.04 Å². The van der Waals surface area contributed by atoms with Gasteiger partial charge in [-0.25, -0.2) is 0 Å². The summed E-state index contributed by atoms with van der Waals surface area (Å²) in [4.78, 5) is 0. The quantitative estimate of drug-likeness (QED) is 0.468. The average molecular weight is 213 g/mol. The Morgan fingerprint density at radius 1 is 1.20 bits per heavy atom. The number of hydrogen-bond acceptors (Lipinski definition) is 3. The van der Waals surface area contributed by atoms with Gasteiger partial charge in [-0.1, -0.05) is 6.92 Å². The van der Waals surface area contributed by atoms with Crippen molar-refractivity contribution in [2.75, 3.05) is 19.8 Å². The van der Waals surface area contributed by atoms with Crippen LogP contribution >= 0.6 is 0 Å². The lowest BCUT2D eigenvalue weighted by Crippen LogP contribution is -2.43. The van der Waals surface area contributed by atoms with Crippen molar-refractivity contribution in [3.8, 4) is 12.3 Å². The Bertz CT molecular complexity index is 171. The fourth-order valence-corrected chi connectivity index (χ4v) is 1.44. The van der Waals surface area contributed by atoms with Crippen LogP contribution in [0.5, 0.6) is 0 Å². The molecule has 0 aliphatic carbocycles. The third-order valence-corrected chi connectivity index (χ3v) is 2.06. The first-order valence-electron chi connectivity index (χ1n) is 5.70. The zero-order valence-corrected chi connectivity index (χ0v) is 10.1. The van der Waals surface area contributed by atoms with Gasteiger partial charge in [0.1, 0.15) is 0 Å². The van der Waals surface area contributed by atoms with Gasteiger partial charge in [0, 0.05) is 19.6 Å².